The Kier molecular flexibility index (Phi) is 3.17. The smallest absolute Gasteiger partial charge is 0.0239 e. The highest BCUT2D eigenvalue weighted by molar-refractivity contribution is 5.37. The van der Waals surface area contributed by atoms with Crippen molar-refractivity contribution in [1.29, 1.82) is 0 Å². The van der Waals surface area contributed by atoms with E-state index in [-0.39, 0.29) is 0 Å². The van der Waals surface area contributed by atoms with Gasteiger partial charge in [-0.1, -0.05) is 25.1 Å². The quantitative estimate of drug-likeness (QED) is 0.854. The fourth-order valence-corrected chi connectivity index (χ4v) is 2.92. The van der Waals surface area contributed by atoms with Gasteiger partial charge in [0.2, 0.25) is 0 Å². The van der Waals surface area contributed by atoms with Gasteiger partial charge in [-0.05, 0) is 49.0 Å². The minimum Gasteiger partial charge on any atom is -0.312 e. The molecule has 92 valence electrons. The van der Waals surface area contributed by atoms with Crippen LogP contribution in [0.1, 0.15) is 36.5 Å². The van der Waals surface area contributed by atoms with Crippen molar-refractivity contribution in [1.82, 2.24) is 10.2 Å². The zero-order valence-electron chi connectivity index (χ0n) is 10.7. The first-order valence-corrected chi connectivity index (χ1v) is 6.93. The molecule has 0 radical (unpaired) electrons. The molecule has 1 aromatic carbocycles. The highest BCUT2D eigenvalue weighted by Crippen LogP contribution is 2.29. The topological polar surface area (TPSA) is 15.3 Å². The molecule has 0 saturated heterocycles. The van der Waals surface area contributed by atoms with Crippen LogP contribution in [-0.2, 0) is 19.5 Å². The molecule has 2 aliphatic rings. The molecule has 0 unspecified atom stereocenters. The summed E-state index contributed by atoms with van der Waals surface area (Å²) in [6, 6.07) is 7.70. The fraction of sp³-hybridized carbons (Fsp3) is 0.600. The van der Waals surface area contributed by atoms with Gasteiger partial charge in [-0.3, -0.25) is 4.90 Å². The summed E-state index contributed by atoms with van der Waals surface area (Å²) in [5.74, 6) is 0. The minimum atomic E-state index is 0.873. The van der Waals surface area contributed by atoms with Crippen molar-refractivity contribution in [2.24, 2.45) is 0 Å². The van der Waals surface area contributed by atoms with Crippen molar-refractivity contribution in [3.63, 3.8) is 0 Å². The summed E-state index contributed by atoms with van der Waals surface area (Å²) in [5, 5.41) is 3.46. The number of hydrogen-bond acceptors (Lipinski definition) is 2. The second kappa shape index (κ2) is 4.79. The van der Waals surface area contributed by atoms with Gasteiger partial charge in [0.1, 0.15) is 0 Å². The maximum Gasteiger partial charge on any atom is 0.0239 e. The SMILES string of the molecule is CCN(Cc1cccc2c1CCNC2)C1CC1. The lowest BCUT2D eigenvalue weighted by atomic mass is 9.95. The Bertz CT molecular complexity index is 396. The van der Waals surface area contributed by atoms with Gasteiger partial charge in [-0.25, -0.2) is 0 Å². The van der Waals surface area contributed by atoms with Crippen molar-refractivity contribution in [3.8, 4) is 0 Å². The van der Waals surface area contributed by atoms with E-state index in [0.717, 1.165) is 25.7 Å². The van der Waals surface area contributed by atoms with Crippen LogP contribution in [-0.4, -0.2) is 24.0 Å². The third kappa shape index (κ3) is 2.38. The van der Waals surface area contributed by atoms with Gasteiger partial charge in [-0.2, -0.15) is 0 Å². The second-order valence-electron chi connectivity index (χ2n) is 5.28. The molecule has 0 atom stereocenters. The van der Waals surface area contributed by atoms with E-state index in [9.17, 15) is 0 Å². The van der Waals surface area contributed by atoms with Crippen LogP contribution in [0.4, 0.5) is 0 Å². The third-order valence-corrected chi connectivity index (χ3v) is 4.08. The molecule has 1 aliphatic carbocycles. The molecule has 2 nitrogen and oxygen atoms in total. The van der Waals surface area contributed by atoms with Crippen molar-refractivity contribution in [3.05, 3.63) is 34.9 Å². The lowest BCUT2D eigenvalue weighted by Crippen LogP contribution is -2.28. The number of hydrogen-bond donors (Lipinski definition) is 1. The van der Waals surface area contributed by atoms with Crippen LogP contribution < -0.4 is 5.32 Å². The average Bonchev–Trinajstić information content (AvgIpc) is 3.20. The predicted molar refractivity (Wildman–Crippen MR) is 71.0 cm³/mol. The second-order valence-corrected chi connectivity index (χ2v) is 5.28. The van der Waals surface area contributed by atoms with E-state index >= 15 is 0 Å². The number of fused-ring (bicyclic) bond motifs is 1. The zero-order chi connectivity index (χ0) is 11.7. The molecule has 1 heterocycles. The van der Waals surface area contributed by atoms with E-state index in [2.05, 4.69) is 35.3 Å². The predicted octanol–water partition coefficient (Wildman–Crippen LogP) is 2.32. The Hall–Kier alpha value is -0.860. The molecule has 1 saturated carbocycles. The highest BCUT2D eigenvalue weighted by atomic mass is 15.2. The summed E-state index contributed by atoms with van der Waals surface area (Å²) >= 11 is 0. The van der Waals surface area contributed by atoms with Crippen molar-refractivity contribution >= 4 is 0 Å². The normalized spacial score (nSPS) is 19.4. The third-order valence-electron chi connectivity index (χ3n) is 4.08. The van der Waals surface area contributed by atoms with Gasteiger partial charge in [0, 0.05) is 19.1 Å². The number of rotatable bonds is 4. The summed E-state index contributed by atoms with van der Waals surface area (Å²) in [7, 11) is 0. The first-order valence-electron chi connectivity index (χ1n) is 6.93. The van der Waals surface area contributed by atoms with Crippen molar-refractivity contribution in [2.75, 3.05) is 13.1 Å². The Morgan fingerprint density at radius 2 is 2.24 bits per heavy atom. The Morgan fingerprint density at radius 3 is 3.00 bits per heavy atom. The summed E-state index contributed by atoms with van der Waals surface area (Å²) in [6.45, 7) is 6.82. The van der Waals surface area contributed by atoms with E-state index in [4.69, 9.17) is 0 Å². The number of nitrogens with one attached hydrogen (secondary N) is 1. The summed E-state index contributed by atoms with van der Waals surface area (Å²) in [5.41, 5.74) is 4.70. The van der Waals surface area contributed by atoms with Crippen LogP contribution in [0.5, 0.6) is 0 Å². The minimum absolute atomic E-state index is 0.873. The lowest BCUT2D eigenvalue weighted by molar-refractivity contribution is 0.268. The molecule has 0 amide bonds. The molecule has 3 rings (SSSR count). The molecule has 0 aromatic heterocycles. The Labute approximate surface area is 104 Å². The van der Waals surface area contributed by atoms with Gasteiger partial charge in [0.25, 0.3) is 0 Å². The zero-order valence-corrected chi connectivity index (χ0v) is 10.7. The molecule has 17 heavy (non-hydrogen) atoms. The molecular formula is C15H22N2. The number of benzene rings is 1. The number of nitrogens with zero attached hydrogens (tertiary/aromatic N) is 1. The molecule has 0 bridgehead atoms. The molecule has 1 aliphatic heterocycles. The van der Waals surface area contributed by atoms with E-state index in [0.29, 0.717) is 0 Å². The van der Waals surface area contributed by atoms with Crippen LogP contribution in [0.25, 0.3) is 0 Å². The molecule has 1 N–H and O–H groups in total. The maximum absolute atomic E-state index is 3.46. The molecular weight excluding hydrogens is 208 g/mol. The summed E-state index contributed by atoms with van der Waals surface area (Å²) < 4.78 is 0. The van der Waals surface area contributed by atoms with Crippen LogP contribution in [0.2, 0.25) is 0 Å². The van der Waals surface area contributed by atoms with Crippen LogP contribution >= 0.6 is 0 Å². The van der Waals surface area contributed by atoms with Gasteiger partial charge in [0.05, 0.1) is 0 Å². The molecule has 2 heteroatoms. The van der Waals surface area contributed by atoms with E-state index in [1.54, 1.807) is 11.1 Å². The highest BCUT2D eigenvalue weighted by Gasteiger charge is 2.28. The van der Waals surface area contributed by atoms with E-state index < -0.39 is 0 Å². The molecule has 0 spiro atoms. The Balaban J connectivity index is 1.81. The van der Waals surface area contributed by atoms with Gasteiger partial charge in [0.15, 0.2) is 0 Å². The summed E-state index contributed by atoms with van der Waals surface area (Å²) in [6.07, 6.45) is 4.02. The van der Waals surface area contributed by atoms with Crippen molar-refractivity contribution < 1.29 is 0 Å². The summed E-state index contributed by atoms with van der Waals surface area (Å²) in [4.78, 5) is 2.64. The average molecular weight is 230 g/mol. The van der Waals surface area contributed by atoms with Crippen molar-refractivity contribution in [2.45, 2.75) is 45.3 Å². The molecule has 1 fully saturated rings. The fourth-order valence-electron chi connectivity index (χ4n) is 2.92. The van der Waals surface area contributed by atoms with E-state index in [1.165, 1.54) is 31.4 Å². The van der Waals surface area contributed by atoms with Crippen LogP contribution in [0, 0.1) is 0 Å². The standard InChI is InChI=1S/C15H22N2/c1-2-17(14-6-7-14)11-13-5-3-4-12-10-16-9-8-15(12)13/h3-5,14,16H,2,6-11H2,1H3. The lowest BCUT2D eigenvalue weighted by Gasteiger charge is -2.25. The van der Waals surface area contributed by atoms with Gasteiger partial charge in [-0.15, -0.1) is 0 Å². The molecule has 1 aromatic rings. The van der Waals surface area contributed by atoms with E-state index in [1.807, 2.05) is 0 Å². The largest absolute Gasteiger partial charge is 0.312 e. The monoisotopic (exact) mass is 230 g/mol. The van der Waals surface area contributed by atoms with Gasteiger partial charge < -0.3 is 5.32 Å². The first kappa shape index (κ1) is 11.2. The van der Waals surface area contributed by atoms with Gasteiger partial charge >= 0.3 is 0 Å². The first-order chi connectivity index (χ1) is 8.38. The Morgan fingerprint density at radius 1 is 1.35 bits per heavy atom. The van der Waals surface area contributed by atoms with Crippen LogP contribution in [0.3, 0.4) is 0 Å². The van der Waals surface area contributed by atoms with Crippen LogP contribution in [0.15, 0.2) is 18.2 Å². The maximum atomic E-state index is 3.46.